The summed E-state index contributed by atoms with van der Waals surface area (Å²) in [7, 11) is 0. The van der Waals surface area contributed by atoms with Gasteiger partial charge in [0.05, 0.1) is 18.3 Å². The van der Waals surface area contributed by atoms with Crippen LogP contribution in [-0.2, 0) is 30.8 Å². The molecular weight excluding hydrogens is 413 g/mol. The normalized spacial score (nSPS) is 13.3. The van der Waals surface area contributed by atoms with Crippen molar-refractivity contribution >= 4 is 22.9 Å². The largest absolute Gasteiger partial charge is 0.478 e. The molecule has 3 aromatic heterocycles. The molecular formula is C23H20FN5O3. The first-order valence-electron chi connectivity index (χ1n) is 10.2. The van der Waals surface area contributed by atoms with E-state index in [4.69, 9.17) is 5.11 Å². The van der Waals surface area contributed by atoms with Crippen molar-refractivity contribution in [3.63, 3.8) is 0 Å². The Bertz CT molecular complexity index is 1340. The molecule has 0 bridgehead atoms. The molecule has 162 valence electrons. The predicted molar refractivity (Wildman–Crippen MR) is 114 cm³/mol. The second-order valence-corrected chi connectivity index (χ2v) is 7.81. The van der Waals surface area contributed by atoms with Crippen LogP contribution in [0.15, 0.2) is 55.0 Å². The van der Waals surface area contributed by atoms with Crippen LogP contribution < -0.4 is 0 Å². The van der Waals surface area contributed by atoms with Crippen molar-refractivity contribution in [1.29, 1.82) is 0 Å². The molecule has 4 heterocycles. The Hall–Kier alpha value is -4.01. The molecule has 9 heteroatoms. The molecule has 5 rings (SSSR count). The summed E-state index contributed by atoms with van der Waals surface area (Å²) in [5.41, 5.74) is 3.81. The molecule has 0 atom stereocenters. The van der Waals surface area contributed by atoms with Gasteiger partial charge in [0.2, 0.25) is 5.91 Å². The lowest BCUT2D eigenvalue weighted by atomic mass is 10.0. The zero-order valence-corrected chi connectivity index (χ0v) is 17.1. The van der Waals surface area contributed by atoms with Gasteiger partial charge in [-0.2, -0.15) is 5.10 Å². The summed E-state index contributed by atoms with van der Waals surface area (Å²) in [5, 5.41) is 14.1. The molecule has 0 fully saturated rings. The molecule has 1 N–H and O–H groups in total. The summed E-state index contributed by atoms with van der Waals surface area (Å²) < 4.78 is 17.1. The van der Waals surface area contributed by atoms with E-state index in [0.29, 0.717) is 26.1 Å². The number of hydrogen-bond acceptors (Lipinski definition) is 4. The van der Waals surface area contributed by atoms with E-state index in [1.165, 1.54) is 29.2 Å². The van der Waals surface area contributed by atoms with Crippen molar-refractivity contribution < 1.29 is 19.1 Å². The molecule has 4 aromatic rings. The van der Waals surface area contributed by atoms with Gasteiger partial charge in [0.15, 0.2) is 0 Å². The number of carboxylic acids is 1. The second kappa shape index (κ2) is 7.92. The summed E-state index contributed by atoms with van der Waals surface area (Å²) >= 11 is 0. The highest BCUT2D eigenvalue weighted by atomic mass is 19.1. The highest BCUT2D eigenvalue weighted by molar-refractivity contribution is 5.87. The summed E-state index contributed by atoms with van der Waals surface area (Å²) in [4.78, 5) is 30.3. The Morgan fingerprint density at radius 2 is 2.06 bits per heavy atom. The number of nitrogens with zero attached hydrogens (tertiary/aromatic N) is 5. The number of rotatable bonds is 5. The van der Waals surface area contributed by atoms with Gasteiger partial charge in [0, 0.05) is 36.6 Å². The van der Waals surface area contributed by atoms with Crippen molar-refractivity contribution in [2.75, 3.05) is 6.54 Å². The highest BCUT2D eigenvalue weighted by Gasteiger charge is 2.27. The van der Waals surface area contributed by atoms with Gasteiger partial charge in [0.25, 0.3) is 0 Å². The second-order valence-electron chi connectivity index (χ2n) is 7.81. The van der Waals surface area contributed by atoms with Crippen LogP contribution in [0.2, 0.25) is 0 Å². The van der Waals surface area contributed by atoms with E-state index in [-0.39, 0.29) is 23.8 Å². The van der Waals surface area contributed by atoms with Crippen molar-refractivity contribution in [3.05, 3.63) is 83.2 Å². The Labute approximate surface area is 182 Å². The van der Waals surface area contributed by atoms with Crippen LogP contribution in [0.4, 0.5) is 4.39 Å². The number of fused-ring (bicyclic) bond motifs is 3. The Morgan fingerprint density at radius 1 is 1.19 bits per heavy atom. The average molecular weight is 433 g/mol. The van der Waals surface area contributed by atoms with Crippen molar-refractivity contribution in [3.8, 4) is 0 Å². The standard InChI is InChI=1S/C23H20FN5O3/c24-17-4-1-3-15(9-17)11-29-20-13-27(8-6-18(20)19-5-2-7-25-22(19)29)21(30)14-28-12-16(10-26-28)23(31)32/h1-5,7,9-10,12H,6,8,11,13-14H2,(H,31,32). The van der Waals surface area contributed by atoms with Gasteiger partial charge in [-0.05, 0) is 41.8 Å². The number of halogens is 1. The maximum absolute atomic E-state index is 13.8. The van der Waals surface area contributed by atoms with E-state index in [1.54, 1.807) is 17.2 Å². The highest BCUT2D eigenvalue weighted by Crippen LogP contribution is 2.30. The predicted octanol–water partition coefficient (Wildman–Crippen LogP) is 2.70. The number of carbonyl (C=O) groups is 2. The first-order valence-corrected chi connectivity index (χ1v) is 10.2. The van der Waals surface area contributed by atoms with Crippen LogP contribution >= 0.6 is 0 Å². The molecule has 0 unspecified atom stereocenters. The number of aromatic nitrogens is 4. The van der Waals surface area contributed by atoms with E-state index in [1.807, 2.05) is 18.2 Å². The van der Waals surface area contributed by atoms with Gasteiger partial charge in [-0.15, -0.1) is 0 Å². The summed E-state index contributed by atoms with van der Waals surface area (Å²) in [6.07, 6.45) is 4.99. The number of carbonyl (C=O) groups excluding carboxylic acids is 1. The molecule has 1 aliphatic heterocycles. The average Bonchev–Trinajstić information content (AvgIpc) is 3.37. The zero-order valence-electron chi connectivity index (χ0n) is 17.1. The van der Waals surface area contributed by atoms with Gasteiger partial charge in [-0.25, -0.2) is 14.2 Å². The fourth-order valence-corrected chi connectivity index (χ4v) is 4.26. The minimum Gasteiger partial charge on any atom is -0.478 e. The number of carboxylic acid groups (broad SMARTS) is 1. The maximum Gasteiger partial charge on any atom is 0.338 e. The van der Waals surface area contributed by atoms with E-state index in [0.717, 1.165) is 27.9 Å². The van der Waals surface area contributed by atoms with Crippen LogP contribution in [0, 0.1) is 5.82 Å². The third kappa shape index (κ3) is 3.62. The molecule has 8 nitrogen and oxygen atoms in total. The Kier molecular flexibility index (Phi) is 4.93. The lowest BCUT2D eigenvalue weighted by Gasteiger charge is -2.28. The van der Waals surface area contributed by atoms with Gasteiger partial charge in [-0.3, -0.25) is 9.48 Å². The maximum atomic E-state index is 13.8. The van der Waals surface area contributed by atoms with Crippen LogP contribution in [0.25, 0.3) is 11.0 Å². The zero-order chi connectivity index (χ0) is 22.2. The van der Waals surface area contributed by atoms with Gasteiger partial charge < -0.3 is 14.6 Å². The topological polar surface area (TPSA) is 93.2 Å². The van der Waals surface area contributed by atoms with E-state index >= 15 is 0 Å². The van der Waals surface area contributed by atoms with Crippen molar-refractivity contribution in [1.82, 2.24) is 24.2 Å². The lowest BCUT2D eigenvalue weighted by Crippen LogP contribution is -2.38. The number of benzene rings is 1. The number of hydrogen-bond donors (Lipinski definition) is 1. The van der Waals surface area contributed by atoms with Crippen molar-refractivity contribution in [2.45, 2.75) is 26.1 Å². The number of amides is 1. The Balaban J connectivity index is 1.44. The number of pyridine rings is 1. The lowest BCUT2D eigenvalue weighted by molar-refractivity contribution is -0.133. The van der Waals surface area contributed by atoms with Crippen LogP contribution in [0.1, 0.15) is 27.2 Å². The third-order valence-electron chi connectivity index (χ3n) is 5.77. The minimum atomic E-state index is -1.08. The first-order chi connectivity index (χ1) is 15.5. The van der Waals surface area contributed by atoms with E-state index in [9.17, 15) is 14.0 Å². The van der Waals surface area contributed by atoms with Gasteiger partial charge in [-0.1, -0.05) is 12.1 Å². The van der Waals surface area contributed by atoms with Gasteiger partial charge in [0.1, 0.15) is 18.0 Å². The summed E-state index contributed by atoms with van der Waals surface area (Å²) in [6.45, 7) is 1.36. The molecule has 1 aromatic carbocycles. The minimum absolute atomic E-state index is 0.0367. The number of aromatic carboxylic acids is 1. The molecule has 0 saturated carbocycles. The fraction of sp³-hybridized carbons (Fsp3) is 0.217. The van der Waals surface area contributed by atoms with E-state index < -0.39 is 5.97 Å². The smallest absolute Gasteiger partial charge is 0.338 e. The molecule has 0 radical (unpaired) electrons. The third-order valence-corrected chi connectivity index (χ3v) is 5.77. The van der Waals surface area contributed by atoms with Crippen molar-refractivity contribution in [2.24, 2.45) is 0 Å². The molecule has 0 aliphatic carbocycles. The Morgan fingerprint density at radius 3 is 2.84 bits per heavy atom. The SMILES string of the molecule is O=C(O)c1cnn(CC(=O)N2CCc3c(n(Cc4cccc(F)c4)c4ncccc34)C2)c1. The monoisotopic (exact) mass is 433 g/mol. The van der Waals surface area contributed by atoms with Crippen LogP contribution in [-0.4, -0.2) is 47.8 Å². The molecule has 1 amide bonds. The fourth-order valence-electron chi connectivity index (χ4n) is 4.26. The molecule has 32 heavy (non-hydrogen) atoms. The molecule has 0 saturated heterocycles. The summed E-state index contributed by atoms with van der Waals surface area (Å²) in [6, 6.07) is 10.4. The quantitative estimate of drug-likeness (QED) is 0.522. The van der Waals surface area contributed by atoms with Gasteiger partial charge >= 0.3 is 5.97 Å². The molecule has 0 spiro atoms. The van der Waals surface area contributed by atoms with Crippen LogP contribution in [0.3, 0.4) is 0 Å². The van der Waals surface area contributed by atoms with Crippen LogP contribution in [0.5, 0.6) is 0 Å². The first kappa shape index (κ1) is 19.9. The van der Waals surface area contributed by atoms with E-state index in [2.05, 4.69) is 14.6 Å². The summed E-state index contributed by atoms with van der Waals surface area (Å²) in [5.74, 6) is -1.52. The molecule has 1 aliphatic rings.